The number of hydrogen-bond donors (Lipinski definition) is 4. The predicted octanol–water partition coefficient (Wildman–Crippen LogP) is 1.75. The summed E-state index contributed by atoms with van der Waals surface area (Å²) >= 11 is 0. The number of carbonyl (C=O) groups is 3. The number of amides is 3. The Labute approximate surface area is 164 Å². The number of aliphatic hydroxyl groups excluding tert-OH is 1. The van der Waals surface area contributed by atoms with Crippen LogP contribution in [0.3, 0.4) is 0 Å². The molecule has 0 aliphatic heterocycles. The van der Waals surface area contributed by atoms with Crippen LogP contribution >= 0.6 is 0 Å². The van der Waals surface area contributed by atoms with Gasteiger partial charge < -0.3 is 21.1 Å². The summed E-state index contributed by atoms with van der Waals surface area (Å²) in [7, 11) is 0. The second-order valence-electron chi connectivity index (χ2n) is 6.43. The van der Waals surface area contributed by atoms with Gasteiger partial charge in [0.2, 0.25) is 0 Å². The van der Waals surface area contributed by atoms with Gasteiger partial charge in [0, 0.05) is 6.54 Å². The van der Waals surface area contributed by atoms with E-state index in [1.807, 2.05) is 31.2 Å². The Balaban J connectivity index is 2.04. The van der Waals surface area contributed by atoms with Crippen molar-refractivity contribution in [1.82, 2.24) is 10.6 Å². The fraction of sp³-hybridized carbons (Fsp3) is 0.286. The van der Waals surface area contributed by atoms with Crippen molar-refractivity contribution in [2.45, 2.75) is 32.9 Å². The molecular formula is C21H25N3O4. The van der Waals surface area contributed by atoms with E-state index in [9.17, 15) is 14.4 Å². The van der Waals surface area contributed by atoms with Gasteiger partial charge in [0.1, 0.15) is 0 Å². The first-order valence-electron chi connectivity index (χ1n) is 9.10. The highest BCUT2D eigenvalue weighted by Gasteiger charge is 2.19. The average Bonchev–Trinajstić information content (AvgIpc) is 2.70. The van der Waals surface area contributed by atoms with Crippen LogP contribution in [0.15, 0.2) is 48.5 Å². The molecule has 0 aromatic heterocycles. The molecule has 0 heterocycles. The Kier molecular flexibility index (Phi) is 7.71. The molecular weight excluding hydrogens is 358 g/mol. The fourth-order valence-corrected chi connectivity index (χ4v) is 2.60. The van der Waals surface area contributed by atoms with Crippen molar-refractivity contribution in [1.29, 1.82) is 0 Å². The molecule has 0 bridgehead atoms. The van der Waals surface area contributed by atoms with Gasteiger partial charge in [-0.15, -0.1) is 0 Å². The zero-order valence-electron chi connectivity index (χ0n) is 16.0. The molecule has 0 saturated carbocycles. The van der Waals surface area contributed by atoms with Crippen LogP contribution in [-0.4, -0.2) is 35.5 Å². The fourth-order valence-electron chi connectivity index (χ4n) is 2.60. The first-order valence-corrected chi connectivity index (χ1v) is 9.10. The number of aliphatic hydroxyl groups is 1. The Morgan fingerprint density at radius 2 is 1.79 bits per heavy atom. The van der Waals surface area contributed by atoms with Gasteiger partial charge in [-0.1, -0.05) is 48.9 Å². The van der Waals surface area contributed by atoms with Gasteiger partial charge in [0.25, 0.3) is 5.91 Å². The summed E-state index contributed by atoms with van der Waals surface area (Å²) < 4.78 is 0. The number of benzene rings is 2. The lowest BCUT2D eigenvalue weighted by molar-refractivity contribution is -0.136. The first-order chi connectivity index (χ1) is 13.4. The van der Waals surface area contributed by atoms with E-state index >= 15 is 0 Å². The highest BCUT2D eigenvalue weighted by Crippen LogP contribution is 2.15. The summed E-state index contributed by atoms with van der Waals surface area (Å²) in [6.07, 6.45) is 0.494. The molecule has 28 heavy (non-hydrogen) atoms. The number of rotatable bonds is 7. The average molecular weight is 383 g/mol. The van der Waals surface area contributed by atoms with E-state index in [4.69, 9.17) is 5.11 Å². The second kappa shape index (κ2) is 10.2. The quantitative estimate of drug-likeness (QED) is 0.546. The van der Waals surface area contributed by atoms with Crippen molar-refractivity contribution in [3.05, 3.63) is 65.2 Å². The van der Waals surface area contributed by atoms with E-state index in [2.05, 4.69) is 16.0 Å². The summed E-state index contributed by atoms with van der Waals surface area (Å²) in [6.45, 7) is 3.85. The third-order valence-electron chi connectivity index (χ3n) is 4.21. The molecule has 0 aliphatic carbocycles. The summed E-state index contributed by atoms with van der Waals surface area (Å²) in [5, 5.41) is 16.8. The third-order valence-corrected chi connectivity index (χ3v) is 4.21. The van der Waals surface area contributed by atoms with Crippen LogP contribution in [0.5, 0.6) is 0 Å². The van der Waals surface area contributed by atoms with E-state index in [0.717, 1.165) is 11.1 Å². The first kappa shape index (κ1) is 21.1. The Morgan fingerprint density at radius 1 is 1.04 bits per heavy atom. The smallest absolute Gasteiger partial charge is 0.313 e. The largest absolute Gasteiger partial charge is 0.394 e. The molecule has 7 nitrogen and oxygen atoms in total. The van der Waals surface area contributed by atoms with Gasteiger partial charge in [-0.2, -0.15) is 0 Å². The summed E-state index contributed by atoms with van der Waals surface area (Å²) in [5.74, 6) is -2.12. The number of aryl methyl sites for hydroxylation is 1. The van der Waals surface area contributed by atoms with Gasteiger partial charge in [-0.25, -0.2) is 0 Å². The van der Waals surface area contributed by atoms with Crippen molar-refractivity contribution in [2.75, 3.05) is 11.9 Å². The molecule has 0 saturated heterocycles. The van der Waals surface area contributed by atoms with Gasteiger partial charge >= 0.3 is 11.8 Å². The standard InChI is InChI=1S/C21H25N3O4/c1-3-16(13-25)23-20(27)21(28)24-18-10-5-4-9-17(18)19(26)22-12-15-8-6-7-14(2)11-15/h4-11,16,25H,3,12-13H2,1-2H3,(H,22,26)(H,23,27)(H,24,28)/t16-/m0/s1. The molecule has 7 heteroatoms. The predicted molar refractivity (Wildman–Crippen MR) is 107 cm³/mol. The maximum absolute atomic E-state index is 12.5. The SMILES string of the molecule is CC[C@@H](CO)NC(=O)C(=O)Nc1ccccc1C(=O)NCc1cccc(C)c1. The lowest BCUT2D eigenvalue weighted by Crippen LogP contribution is -2.43. The van der Waals surface area contributed by atoms with Crippen molar-refractivity contribution < 1.29 is 19.5 Å². The molecule has 0 unspecified atom stereocenters. The Hall–Kier alpha value is -3.19. The number of anilines is 1. The van der Waals surface area contributed by atoms with Gasteiger partial charge in [0.15, 0.2) is 0 Å². The second-order valence-corrected chi connectivity index (χ2v) is 6.43. The minimum Gasteiger partial charge on any atom is -0.394 e. The van der Waals surface area contributed by atoms with Crippen molar-refractivity contribution in [3.8, 4) is 0 Å². The lowest BCUT2D eigenvalue weighted by Gasteiger charge is -2.15. The number of hydrogen-bond acceptors (Lipinski definition) is 4. The van der Waals surface area contributed by atoms with Crippen LogP contribution in [0, 0.1) is 6.92 Å². The molecule has 0 spiro atoms. The monoisotopic (exact) mass is 383 g/mol. The molecule has 4 N–H and O–H groups in total. The Morgan fingerprint density at radius 3 is 2.46 bits per heavy atom. The minimum atomic E-state index is -0.897. The molecule has 0 aliphatic rings. The number of para-hydroxylation sites is 1. The number of carbonyl (C=O) groups excluding carboxylic acids is 3. The van der Waals surface area contributed by atoms with Crippen molar-refractivity contribution in [2.24, 2.45) is 0 Å². The van der Waals surface area contributed by atoms with Crippen LogP contribution in [0.2, 0.25) is 0 Å². The summed E-state index contributed by atoms with van der Waals surface area (Å²) in [4.78, 5) is 36.6. The highest BCUT2D eigenvalue weighted by molar-refractivity contribution is 6.40. The van der Waals surface area contributed by atoms with Crippen LogP contribution in [0.4, 0.5) is 5.69 Å². The molecule has 2 aromatic rings. The van der Waals surface area contributed by atoms with Crippen LogP contribution in [-0.2, 0) is 16.1 Å². The zero-order chi connectivity index (χ0) is 20.5. The summed E-state index contributed by atoms with van der Waals surface area (Å²) in [5.41, 5.74) is 2.55. The maximum atomic E-state index is 12.5. The zero-order valence-corrected chi connectivity index (χ0v) is 16.0. The molecule has 1 atom stereocenters. The lowest BCUT2D eigenvalue weighted by atomic mass is 10.1. The maximum Gasteiger partial charge on any atom is 0.313 e. The Bertz CT molecular complexity index is 847. The molecule has 2 aromatic carbocycles. The topological polar surface area (TPSA) is 108 Å². The number of nitrogens with one attached hydrogen (secondary N) is 3. The van der Waals surface area contributed by atoms with Crippen LogP contribution in [0.25, 0.3) is 0 Å². The van der Waals surface area contributed by atoms with Crippen molar-refractivity contribution in [3.63, 3.8) is 0 Å². The van der Waals surface area contributed by atoms with E-state index < -0.39 is 17.9 Å². The van der Waals surface area contributed by atoms with E-state index in [-0.39, 0.29) is 23.8 Å². The van der Waals surface area contributed by atoms with E-state index in [1.54, 1.807) is 31.2 Å². The molecule has 0 radical (unpaired) electrons. The molecule has 3 amide bonds. The van der Waals surface area contributed by atoms with Crippen LogP contribution < -0.4 is 16.0 Å². The van der Waals surface area contributed by atoms with Gasteiger partial charge in [-0.3, -0.25) is 14.4 Å². The summed E-state index contributed by atoms with van der Waals surface area (Å²) in [6, 6.07) is 13.7. The highest BCUT2D eigenvalue weighted by atomic mass is 16.3. The normalized spacial score (nSPS) is 11.4. The van der Waals surface area contributed by atoms with Gasteiger partial charge in [-0.05, 0) is 31.0 Å². The third kappa shape index (κ3) is 5.92. The van der Waals surface area contributed by atoms with Crippen molar-refractivity contribution >= 4 is 23.4 Å². The minimum absolute atomic E-state index is 0.237. The van der Waals surface area contributed by atoms with E-state index in [0.29, 0.717) is 13.0 Å². The van der Waals surface area contributed by atoms with Crippen LogP contribution in [0.1, 0.15) is 34.8 Å². The molecule has 148 valence electrons. The molecule has 2 rings (SSSR count). The van der Waals surface area contributed by atoms with Gasteiger partial charge in [0.05, 0.1) is 23.9 Å². The molecule has 0 fully saturated rings. The van der Waals surface area contributed by atoms with E-state index in [1.165, 1.54) is 0 Å².